The molecule has 0 heterocycles. The van der Waals surface area contributed by atoms with E-state index in [0.717, 1.165) is 12.5 Å². The lowest BCUT2D eigenvalue weighted by Gasteiger charge is -2.08. The largest absolute Gasteiger partial charge is 0.390 e. The summed E-state index contributed by atoms with van der Waals surface area (Å²) < 4.78 is 0. The van der Waals surface area contributed by atoms with E-state index in [-0.39, 0.29) is 17.7 Å². The summed E-state index contributed by atoms with van der Waals surface area (Å²) in [5, 5.41) is 4.78. The maximum absolute atomic E-state index is 11.1. The molecule has 1 radical (unpaired) electrons. The van der Waals surface area contributed by atoms with Crippen LogP contribution in [0.5, 0.6) is 0 Å². The zero-order valence-electron chi connectivity index (χ0n) is 7.96. The lowest BCUT2D eigenvalue weighted by molar-refractivity contribution is -0.122. The molecule has 0 fully saturated rings. The molecule has 0 aliphatic rings. The molecule has 1 atom stereocenters. The Morgan fingerprint density at radius 3 is 2.62 bits per heavy atom. The van der Waals surface area contributed by atoms with Crippen molar-refractivity contribution in [2.24, 2.45) is 5.92 Å². The molecule has 0 aromatic carbocycles. The Hall–Kier alpha value is -1.26. The fraction of sp³-hybridized carbons (Fsp3) is 0.500. The first-order chi connectivity index (χ1) is 6.11. The second-order valence-corrected chi connectivity index (χ2v) is 2.67. The van der Waals surface area contributed by atoms with Crippen molar-refractivity contribution in [1.82, 2.24) is 10.5 Å². The topological polar surface area (TPSA) is 58.2 Å². The third-order valence-corrected chi connectivity index (χ3v) is 1.67. The van der Waals surface area contributed by atoms with Crippen LogP contribution < -0.4 is 10.5 Å². The summed E-state index contributed by atoms with van der Waals surface area (Å²) in [6.07, 6.45) is 1.90. The van der Waals surface area contributed by atoms with Crippen molar-refractivity contribution in [2.75, 3.05) is 0 Å². The van der Waals surface area contributed by atoms with Crippen molar-refractivity contribution in [2.45, 2.75) is 20.3 Å². The molecule has 5 heteroatoms. The molecule has 0 aliphatic heterocycles. The van der Waals surface area contributed by atoms with Gasteiger partial charge in [0.05, 0.1) is 0 Å². The molecule has 0 saturated heterocycles. The van der Waals surface area contributed by atoms with Crippen LogP contribution in [0, 0.1) is 5.92 Å². The first-order valence-electron chi connectivity index (χ1n) is 4.16. The Morgan fingerprint density at radius 2 is 2.15 bits per heavy atom. The van der Waals surface area contributed by atoms with Gasteiger partial charge < -0.3 is 10.5 Å². The molecule has 0 spiro atoms. The smallest absolute Gasteiger partial charge is 0.382 e. The van der Waals surface area contributed by atoms with Gasteiger partial charge in [-0.25, -0.2) is 0 Å². The highest BCUT2D eigenvalue weighted by Crippen LogP contribution is 1.98. The third-order valence-electron chi connectivity index (χ3n) is 1.67. The minimum Gasteiger partial charge on any atom is -0.382 e. The van der Waals surface area contributed by atoms with Gasteiger partial charge in [0.1, 0.15) is 0 Å². The fourth-order valence-corrected chi connectivity index (χ4v) is 0.565. The van der Waals surface area contributed by atoms with E-state index in [1.54, 1.807) is 0 Å². The van der Waals surface area contributed by atoms with E-state index in [9.17, 15) is 9.59 Å². The number of carbonyl (C=O) groups is 2. The summed E-state index contributed by atoms with van der Waals surface area (Å²) in [6, 6.07) is 0. The van der Waals surface area contributed by atoms with Crippen molar-refractivity contribution >= 4 is 19.4 Å². The van der Waals surface area contributed by atoms with Gasteiger partial charge in [0, 0.05) is 5.92 Å². The van der Waals surface area contributed by atoms with Crippen molar-refractivity contribution in [3.8, 4) is 0 Å². The lowest BCUT2D eigenvalue weighted by atomic mass is 10.0. The van der Waals surface area contributed by atoms with Gasteiger partial charge in [-0.05, 0) is 12.5 Å². The summed E-state index contributed by atoms with van der Waals surface area (Å²) in [6.45, 7) is 7.01. The first-order valence-corrected chi connectivity index (χ1v) is 4.16. The molecule has 4 nitrogen and oxygen atoms in total. The van der Waals surface area contributed by atoms with Crippen LogP contribution in [-0.4, -0.2) is 19.4 Å². The van der Waals surface area contributed by atoms with E-state index < -0.39 is 0 Å². The Balaban J connectivity index is 3.59. The molecule has 1 unspecified atom stereocenters. The van der Waals surface area contributed by atoms with E-state index in [4.69, 9.17) is 0 Å². The van der Waals surface area contributed by atoms with E-state index in [1.807, 2.05) is 13.8 Å². The minimum atomic E-state index is -0.343. The Labute approximate surface area is 79.1 Å². The summed E-state index contributed by atoms with van der Waals surface area (Å²) >= 11 is 0. The van der Waals surface area contributed by atoms with Crippen LogP contribution in [0.2, 0.25) is 0 Å². The van der Waals surface area contributed by atoms with Gasteiger partial charge in [0.25, 0.3) is 0 Å². The standard InChI is InChI=1S/C8H14BN2O2/c1-4-6(3)8(13)11-9-10-7(12)5-2/h5-6H,2,4H2,1,3H3,(H,10,12)(H,11,13). The van der Waals surface area contributed by atoms with Crippen molar-refractivity contribution in [1.29, 1.82) is 0 Å². The van der Waals surface area contributed by atoms with Gasteiger partial charge >= 0.3 is 7.55 Å². The Kier molecular flexibility index (Phi) is 5.68. The van der Waals surface area contributed by atoms with Crippen LogP contribution in [0.15, 0.2) is 12.7 Å². The molecule has 0 aromatic rings. The van der Waals surface area contributed by atoms with Crippen LogP contribution in [-0.2, 0) is 9.59 Å². The number of rotatable bonds is 5. The second kappa shape index (κ2) is 6.28. The predicted octanol–water partition coefficient (Wildman–Crippen LogP) is -0.0149. The SMILES string of the molecule is C=CC(=O)N[B]NC(=O)C(C)CC. The van der Waals surface area contributed by atoms with Gasteiger partial charge in [0.2, 0.25) is 11.8 Å². The predicted molar refractivity (Wildman–Crippen MR) is 51.7 cm³/mol. The van der Waals surface area contributed by atoms with Gasteiger partial charge in [-0.15, -0.1) is 0 Å². The number of hydrogen-bond donors (Lipinski definition) is 2. The summed E-state index contributed by atoms with van der Waals surface area (Å²) in [5.74, 6) is -0.492. The van der Waals surface area contributed by atoms with Gasteiger partial charge in [0.15, 0.2) is 0 Å². The minimum absolute atomic E-state index is 0.0446. The molecular weight excluding hydrogens is 167 g/mol. The number of carbonyl (C=O) groups excluding carboxylic acids is 2. The van der Waals surface area contributed by atoms with Crippen LogP contribution in [0.3, 0.4) is 0 Å². The van der Waals surface area contributed by atoms with E-state index in [0.29, 0.717) is 0 Å². The molecule has 71 valence electrons. The highest BCUT2D eigenvalue weighted by atomic mass is 16.2. The average molecular weight is 181 g/mol. The number of nitrogens with one attached hydrogen (secondary N) is 2. The molecule has 0 rings (SSSR count). The lowest BCUT2D eigenvalue weighted by Crippen LogP contribution is -2.42. The number of amides is 2. The normalized spacial score (nSPS) is 11.2. The quantitative estimate of drug-likeness (QED) is 0.462. The molecule has 0 bridgehead atoms. The Bertz CT molecular complexity index is 206. The third kappa shape index (κ3) is 5.06. The van der Waals surface area contributed by atoms with Crippen molar-refractivity contribution in [3.63, 3.8) is 0 Å². The van der Waals surface area contributed by atoms with E-state index in [2.05, 4.69) is 17.0 Å². The highest BCUT2D eigenvalue weighted by molar-refractivity contribution is 6.39. The van der Waals surface area contributed by atoms with E-state index in [1.165, 1.54) is 7.55 Å². The molecular formula is C8H14BN2O2. The molecule has 13 heavy (non-hydrogen) atoms. The number of hydrogen-bond acceptors (Lipinski definition) is 2. The summed E-state index contributed by atoms with van der Waals surface area (Å²) in [5.41, 5.74) is 0. The van der Waals surface area contributed by atoms with Gasteiger partial charge in [-0.3, -0.25) is 9.59 Å². The zero-order chi connectivity index (χ0) is 10.3. The van der Waals surface area contributed by atoms with Gasteiger partial charge in [-0.2, -0.15) is 0 Å². The zero-order valence-corrected chi connectivity index (χ0v) is 7.96. The molecule has 2 N–H and O–H groups in total. The average Bonchev–Trinajstić information content (AvgIpc) is 2.15. The summed E-state index contributed by atoms with van der Waals surface area (Å²) in [4.78, 5) is 21.7. The van der Waals surface area contributed by atoms with Crippen LogP contribution in [0.1, 0.15) is 20.3 Å². The molecule has 2 amide bonds. The van der Waals surface area contributed by atoms with Crippen LogP contribution >= 0.6 is 0 Å². The maximum atomic E-state index is 11.1. The monoisotopic (exact) mass is 181 g/mol. The van der Waals surface area contributed by atoms with Crippen molar-refractivity contribution < 1.29 is 9.59 Å². The van der Waals surface area contributed by atoms with Gasteiger partial charge in [-0.1, -0.05) is 20.4 Å². The fourth-order valence-electron chi connectivity index (χ4n) is 0.565. The summed E-state index contributed by atoms with van der Waals surface area (Å²) in [7, 11) is 1.22. The van der Waals surface area contributed by atoms with E-state index >= 15 is 0 Å². The van der Waals surface area contributed by atoms with Crippen LogP contribution in [0.4, 0.5) is 0 Å². The first kappa shape index (κ1) is 11.7. The molecule has 0 aliphatic carbocycles. The Morgan fingerprint density at radius 1 is 1.54 bits per heavy atom. The second-order valence-electron chi connectivity index (χ2n) is 2.67. The maximum Gasteiger partial charge on any atom is 0.390 e. The highest BCUT2D eigenvalue weighted by Gasteiger charge is 2.09. The molecule has 0 aromatic heterocycles. The van der Waals surface area contributed by atoms with Crippen molar-refractivity contribution in [3.05, 3.63) is 12.7 Å². The van der Waals surface area contributed by atoms with Crippen LogP contribution in [0.25, 0.3) is 0 Å². The molecule has 0 saturated carbocycles.